The van der Waals surface area contributed by atoms with Crippen molar-refractivity contribution in [1.29, 1.82) is 0 Å². The smallest absolute Gasteiger partial charge is 0.348 e. The number of carboxylic acids is 1. The van der Waals surface area contributed by atoms with Crippen LogP contribution >= 0.6 is 11.6 Å². The lowest BCUT2D eigenvalue weighted by Crippen LogP contribution is -2.20. The van der Waals surface area contributed by atoms with E-state index in [2.05, 4.69) is 9.99 Å². The highest BCUT2D eigenvalue weighted by Gasteiger charge is 2.30. The van der Waals surface area contributed by atoms with E-state index in [0.29, 0.717) is 0 Å². The monoisotopic (exact) mass is 243 g/mol. The highest BCUT2D eigenvalue weighted by Crippen LogP contribution is 2.25. The fraction of sp³-hybridized carbons (Fsp3) is 0.200. The zero-order valence-electron chi connectivity index (χ0n) is 7.98. The molecule has 0 aromatic heterocycles. The maximum absolute atomic E-state index is 13.5. The molecule has 4 nitrogen and oxygen atoms in total. The topological polar surface area (TPSA) is 58.9 Å². The van der Waals surface area contributed by atoms with Crippen LogP contribution in [0.4, 0.5) is 4.39 Å². The number of benzene rings is 1. The summed E-state index contributed by atoms with van der Waals surface area (Å²) in [6.45, 7) is 0. The Hall–Kier alpha value is -1.62. The van der Waals surface area contributed by atoms with Crippen LogP contribution in [0, 0.1) is 5.82 Å². The van der Waals surface area contributed by atoms with Crippen LogP contribution in [-0.4, -0.2) is 22.9 Å². The minimum Gasteiger partial charge on any atom is -0.478 e. The summed E-state index contributed by atoms with van der Waals surface area (Å²) in [5, 5.41) is 12.4. The summed E-state index contributed by atoms with van der Waals surface area (Å²) in [7, 11) is 0. The average Bonchev–Trinajstić information content (AvgIpc) is 2.66. The van der Waals surface area contributed by atoms with E-state index in [9.17, 15) is 9.18 Å². The molecule has 1 heterocycles. The summed E-state index contributed by atoms with van der Waals surface area (Å²) in [5.74, 6) is -1.67. The number of carbonyl (C=O) groups is 1. The first-order chi connectivity index (χ1) is 7.59. The van der Waals surface area contributed by atoms with Crippen LogP contribution in [0.2, 0.25) is 5.02 Å². The number of carboxylic acid groups (broad SMARTS) is 1. The van der Waals surface area contributed by atoms with Crippen molar-refractivity contribution in [3.63, 3.8) is 0 Å². The van der Waals surface area contributed by atoms with Gasteiger partial charge in [-0.25, -0.2) is 9.18 Å². The van der Waals surface area contributed by atoms with Crippen LogP contribution in [0.5, 0.6) is 0 Å². The summed E-state index contributed by atoms with van der Waals surface area (Å²) in [4.78, 5) is 15.3. The van der Waals surface area contributed by atoms with Crippen LogP contribution in [0.3, 0.4) is 0 Å². The van der Waals surface area contributed by atoms with E-state index in [4.69, 9.17) is 16.7 Å². The largest absolute Gasteiger partial charge is 0.478 e. The van der Waals surface area contributed by atoms with Gasteiger partial charge in [-0.1, -0.05) is 22.8 Å². The normalized spacial score (nSPS) is 19.1. The van der Waals surface area contributed by atoms with Crippen molar-refractivity contribution in [2.24, 2.45) is 5.16 Å². The minimum absolute atomic E-state index is 0.00991. The summed E-state index contributed by atoms with van der Waals surface area (Å²) in [6.07, 6.45) is -1.05. The Bertz CT molecular complexity index is 455. The summed E-state index contributed by atoms with van der Waals surface area (Å²) >= 11 is 5.81. The van der Waals surface area contributed by atoms with E-state index in [1.165, 1.54) is 18.2 Å². The van der Waals surface area contributed by atoms with Gasteiger partial charge in [-0.3, -0.25) is 0 Å². The van der Waals surface area contributed by atoms with Gasteiger partial charge in [0.1, 0.15) is 5.82 Å². The number of oxime groups is 1. The third kappa shape index (κ3) is 1.86. The lowest BCUT2D eigenvalue weighted by Gasteiger charge is -2.03. The predicted molar refractivity (Wildman–Crippen MR) is 55.1 cm³/mol. The Labute approximate surface area is 95.3 Å². The molecule has 0 aliphatic carbocycles. The molecule has 6 heteroatoms. The molecular weight excluding hydrogens is 237 g/mol. The van der Waals surface area contributed by atoms with Crippen LogP contribution in [0.25, 0.3) is 0 Å². The maximum Gasteiger partial charge on any atom is 0.348 e. The van der Waals surface area contributed by atoms with Crippen molar-refractivity contribution in [2.45, 2.75) is 12.5 Å². The van der Waals surface area contributed by atoms with E-state index in [1.807, 2.05) is 0 Å². The van der Waals surface area contributed by atoms with Gasteiger partial charge in [-0.2, -0.15) is 0 Å². The summed E-state index contributed by atoms with van der Waals surface area (Å²) < 4.78 is 13.5. The molecule has 0 saturated heterocycles. The van der Waals surface area contributed by atoms with E-state index in [0.717, 1.165) is 0 Å². The lowest BCUT2D eigenvalue weighted by atomic mass is 10.0. The highest BCUT2D eigenvalue weighted by molar-refractivity contribution is 6.34. The molecule has 1 aliphatic rings. The van der Waals surface area contributed by atoms with Crippen molar-refractivity contribution in [1.82, 2.24) is 0 Å². The molecule has 0 spiro atoms. The molecule has 84 valence electrons. The first-order valence-corrected chi connectivity index (χ1v) is 4.87. The maximum atomic E-state index is 13.5. The molecule has 1 N–H and O–H groups in total. The van der Waals surface area contributed by atoms with Gasteiger partial charge in [0.15, 0.2) is 0 Å². The Morgan fingerprint density at radius 1 is 1.62 bits per heavy atom. The molecule has 2 rings (SSSR count). The Balaban J connectivity index is 2.31. The van der Waals surface area contributed by atoms with Gasteiger partial charge in [-0.05, 0) is 12.1 Å². The zero-order chi connectivity index (χ0) is 11.7. The fourth-order valence-corrected chi connectivity index (χ4v) is 1.70. The Kier molecular flexibility index (Phi) is 2.78. The second-order valence-corrected chi connectivity index (χ2v) is 3.68. The van der Waals surface area contributed by atoms with Gasteiger partial charge >= 0.3 is 5.97 Å². The number of hydrogen-bond donors (Lipinski definition) is 1. The molecule has 1 atom stereocenters. The lowest BCUT2D eigenvalue weighted by molar-refractivity contribution is -0.148. The number of hydrogen-bond acceptors (Lipinski definition) is 3. The van der Waals surface area contributed by atoms with Crippen molar-refractivity contribution >= 4 is 23.3 Å². The van der Waals surface area contributed by atoms with Crippen LogP contribution in [0.1, 0.15) is 12.0 Å². The van der Waals surface area contributed by atoms with Gasteiger partial charge in [0.25, 0.3) is 0 Å². The van der Waals surface area contributed by atoms with Gasteiger partial charge in [0.2, 0.25) is 6.10 Å². The standard InChI is InChI=1S/C10H7ClFNO3/c11-5-2-1-3-6(12)9(5)7-4-8(10(14)15)16-13-7/h1-3,8H,4H2,(H,14,15)/t8-/m1/s1. The van der Waals surface area contributed by atoms with Crippen LogP contribution in [0.15, 0.2) is 23.4 Å². The molecule has 0 unspecified atom stereocenters. The highest BCUT2D eigenvalue weighted by atomic mass is 35.5. The van der Waals surface area contributed by atoms with Crippen LogP contribution < -0.4 is 0 Å². The molecular formula is C10H7ClFNO3. The van der Waals surface area contributed by atoms with Crippen molar-refractivity contribution in [3.05, 3.63) is 34.6 Å². The number of aliphatic carboxylic acids is 1. The molecule has 0 saturated carbocycles. The van der Waals surface area contributed by atoms with E-state index in [1.54, 1.807) is 0 Å². The first kappa shape index (κ1) is 10.9. The van der Waals surface area contributed by atoms with Crippen molar-refractivity contribution in [2.75, 3.05) is 0 Å². The average molecular weight is 244 g/mol. The SMILES string of the molecule is O=C(O)[C@H]1CC(c2c(F)cccc2Cl)=NO1. The molecule has 1 aromatic rings. The fourth-order valence-electron chi connectivity index (χ4n) is 1.43. The number of nitrogens with zero attached hydrogens (tertiary/aromatic N) is 1. The molecule has 1 aromatic carbocycles. The zero-order valence-corrected chi connectivity index (χ0v) is 8.74. The molecule has 16 heavy (non-hydrogen) atoms. The van der Waals surface area contributed by atoms with Crippen molar-refractivity contribution in [3.8, 4) is 0 Å². The van der Waals surface area contributed by atoms with E-state index < -0.39 is 17.9 Å². The van der Waals surface area contributed by atoms with Gasteiger partial charge in [0, 0.05) is 6.42 Å². The molecule has 0 bridgehead atoms. The number of halogens is 2. The second-order valence-electron chi connectivity index (χ2n) is 3.27. The molecule has 0 fully saturated rings. The van der Waals surface area contributed by atoms with E-state index in [-0.39, 0.29) is 22.7 Å². The Morgan fingerprint density at radius 2 is 2.38 bits per heavy atom. The predicted octanol–water partition coefficient (Wildman–Crippen LogP) is 2.06. The van der Waals surface area contributed by atoms with Gasteiger partial charge in [-0.15, -0.1) is 0 Å². The molecule has 0 radical (unpaired) electrons. The molecule has 1 aliphatic heterocycles. The summed E-state index contributed by atoms with van der Waals surface area (Å²) in [6, 6.07) is 4.21. The van der Waals surface area contributed by atoms with Crippen LogP contribution in [-0.2, 0) is 9.63 Å². The number of rotatable bonds is 2. The summed E-state index contributed by atoms with van der Waals surface area (Å²) in [5.41, 5.74) is 0.323. The Morgan fingerprint density at radius 3 is 2.94 bits per heavy atom. The second kappa shape index (κ2) is 4.09. The first-order valence-electron chi connectivity index (χ1n) is 4.49. The van der Waals surface area contributed by atoms with Crippen molar-refractivity contribution < 1.29 is 19.1 Å². The van der Waals surface area contributed by atoms with E-state index >= 15 is 0 Å². The van der Waals surface area contributed by atoms with Gasteiger partial charge < -0.3 is 9.94 Å². The quantitative estimate of drug-likeness (QED) is 0.865. The van der Waals surface area contributed by atoms with Gasteiger partial charge in [0.05, 0.1) is 16.3 Å². The molecule has 0 amide bonds. The minimum atomic E-state index is -1.13. The third-order valence-corrected chi connectivity index (χ3v) is 2.51. The third-order valence-electron chi connectivity index (χ3n) is 2.20.